The summed E-state index contributed by atoms with van der Waals surface area (Å²) < 4.78 is 4.88. The molecule has 0 atom stereocenters. The average Bonchev–Trinajstić information content (AvgIpc) is 2.66. The first-order chi connectivity index (χ1) is 13.0. The minimum Gasteiger partial charge on any atom is -0.456 e. The van der Waals surface area contributed by atoms with Gasteiger partial charge in [-0.2, -0.15) is 0 Å². The van der Waals surface area contributed by atoms with Crippen molar-refractivity contribution in [2.24, 2.45) is 0 Å². The molecule has 0 aliphatic rings. The third-order valence-corrected chi connectivity index (χ3v) is 3.84. The molecule has 0 bridgehead atoms. The molecule has 0 saturated heterocycles. The lowest BCUT2D eigenvalue weighted by molar-refractivity contribution is -0.147. The van der Waals surface area contributed by atoms with Crippen molar-refractivity contribution in [2.45, 2.75) is 33.2 Å². The Bertz CT molecular complexity index is 800. The highest BCUT2D eigenvalue weighted by Crippen LogP contribution is 2.15. The van der Waals surface area contributed by atoms with Crippen molar-refractivity contribution in [3.05, 3.63) is 65.2 Å². The normalized spacial score (nSPS) is 10.1. The zero-order chi connectivity index (χ0) is 19.6. The summed E-state index contributed by atoms with van der Waals surface area (Å²) in [4.78, 5) is 35.8. The summed E-state index contributed by atoms with van der Waals surface area (Å²) in [5.74, 6) is -1.20. The number of esters is 1. The van der Waals surface area contributed by atoms with Crippen LogP contribution in [0.4, 0.5) is 5.69 Å². The second-order valence-corrected chi connectivity index (χ2v) is 6.17. The molecule has 0 aliphatic carbocycles. The number of nitrogens with one attached hydrogen (secondary N) is 2. The predicted octanol–water partition coefficient (Wildman–Crippen LogP) is 3.21. The molecule has 2 N–H and O–H groups in total. The molecule has 0 spiro atoms. The van der Waals surface area contributed by atoms with Crippen molar-refractivity contribution in [1.29, 1.82) is 0 Å². The van der Waals surface area contributed by atoms with E-state index in [4.69, 9.17) is 4.74 Å². The van der Waals surface area contributed by atoms with Crippen LogP contribution in [0.5, 0.6) is 0 Å². The van der Waals surface area contributed by atoms with Gasteiger partial charge in [-0.05, 0) is 31.0 Å². The van der Waals surface area contributed by atoms with E-state index in [0.717, 1.165) is 11.1 Å². The van der Waals surface area contributed by atoms with Gasteiger partial charge in [-0.15, -0.1) is 0 Å². The standard InChI is InChI=1S/C21H24N2O4/c1-3-6-20(25)27-14-19(24)23-18-8-5-4-7-17(18)21(26)22-13-16-11-9-15(2)10-12-16/h4-5,7-12H,3,6,13-14H2,1-2H3,(H,22,26)(H,23,24). The van der Waals surface area contributed by atoms with E-state index in [1.165, 1.54) is 0 Å². The van der Waals surface area contributed by atoms with Gasteiger partial charge in [0.2, 0.25) is 0 Å². The fourth-order valence-corrected chi connectivity index (χ4v) is 2.38. The van der Waals surface area contributed by atoms with E-state index >= 15 is 0 Å². The van der Waals surface area contributed by atoms with E-state index < -0.39 is 11.9 Å². The highest BCUT2D eigenvalue weighted by molar-refractivity contribution is 6.04. The quantitative estimate of drug-likeness (QED) is 0.701. The monoisotopic (exact) mass is 368 g/mol. The molecular weight excluding hydrogens is 344 g/mol. The van der Waals surface area contributed by atoms with Crippen LogP contribution in [-0.4, -0.2) is 24.4 Å². The third kappa shape index (κ3) is 6.58. The molecule has 6 heteroatoms. The first-order valence-electron chi connectivity index (χ1n) is 8.88. The number of ether oxygens (including phenoxy) is 1. The van der Waals surface area contributed by atoms with E-state index in [1.54, 1.807) is 24.3 Å². The highest BCUT2D eigenvalue weighted by Gasteiger charge is 2.14. The lowest BCUT2D eigenvalue weighted by Crippen LogP contribution is -2.26. The molecule has 0 aliphatic heterocycles. The number of hydrogen-bond donors (Lipinski definition) is 2. The van der Waals surface area contributed by atoms with Gasteiger partial charge in [-0.3, -0.25) is 14.4 Å². The summed E-state index contributed by atoms with van der Waals surface area (Å²) in [6, 6.07) is 14.6. The van der Waals surface area contributed by atoms with Crippen LogP contribution in [0.1, 0.15) is 41.3 Å². The van der Waals surface area contributed by atoms with Crippen molar-refractivity contribution >= 4 is 23.5 Å². The molecule has 27 heavy (non-hydrogen) atoms. The highest BCUT2D eigenvalue weighted by atomic mass is 16.5. The molecule has 0 unspecified atom stereocenters. The molecule has 0 heterocycles. The maximum atomic E-state index is 12.5. The van der Waals surface area contributed by atoms with Crippen molar-refractivity contribution in [3.8, 4) is 0 Å². The van der Waals surface area contributed by atoms with E-state index in [-0.39, 0.29) is 18.9 Å². The summed E-state index contributed by atoms with van der Waals surface area (Å²) in [6.45, 7) is 3.86. The zero-order valence-electron chi connectivity index (χ0n) is 15.6. The zero-order valence-corrected chi connectivity index (χ0v) is 15.6. The van der Waals surface area contributed by atoms with Gasteiger partial charge in [-0.25, -0.2) is 0 Å². The van der Waals surface area contributed by atoms with Crippen LogP contribution in [0.25, 0.3) is 0 Å². The number of benzene rings is 2. The van der Waals surface area contributed by atoms with Gasteiger partial charge in [0.1, 0.15) is 0 Å². The van der Waals surface area contributed by atoms with E-state index in [0.29, 0.717) is 24.2 Å². The van der Waals surface area contributed by atoms with Gasteiger partial charge >= 0.3 is 5.97 Å². The number of para-hydroxylation sites is 1. The number of hydrogen-bond acceptors (Lipinski definition) is 4. The summed E-state index contributed by atoms with van der Waals surface area (Å²) in [5.41, 5.74) is 2.85. The first kappa shape index (κ1) is 20.2. The van der Waals surface area contributed by atoms with Crippen LogP contribution in [0, 0.1) is 6.92 Å². The fraction of sp³-hybridized carbons (Fsp3) is 0.286. The molecule has 2 rings (SSSR count). The van der Waals surface area contributed by atoms with E-state index in [1.807, 2.05) is 38.1 Å². The molecular formula is C21H24N2O4. The average molecular weight is 368 g/mol. The Morgan fingerprint density at radius 2 is 1.70 bits per heavy atom. The number of carbonyl (C=O) groups is 3. The SMILES string of the molecule is CCCC(=O)OCC(=O)Nc1ccccc1C(=O)NCc1ccc(C)cc1. The molecule has 0 aromatic heterocycles. The second-order valence-electron chi connectivity index (χ2n) is 6.17. The Morgan fingerprint density at radius 3 is 2.41 bits per heavy atom. The van der Waals surface area contributed by atoms with Crippen LogP contribution in [0.2, 0.25) is 0 Å². The van der Waals surface area contributed by atoms with Crippen molar-refractivity contribution in [3.63, 3.8) is 0 Å². The Labute approximate surface area is 158 Å². The number of carbonyl (C=O) groups excluding carboxylic acids is 3. The Balaban J connectivity index is 1.95. The molecule has 2 aromatic rings. The van der Waals surface area contributed by atoms with Gasteiger partial charge in [0, 0.05) is 13.0 Å². The largest absolute Gasteiger partial charge is 0.456 e. The predicted molar refractivity (Wildman–Crippen MR) is 103 cm³/mol. The van der Waals surface area contributed by atoms with Crippen LogP contribution in [-0.2, 0) is 20.9 Å². The van der Waals surface area contributed by atoms with E-state index in [2.05, 4.69) is 10.6 Å². The number of rotatable bonds is 8. The maximum absolute atomic E-state index is 12.5. The summed E-state index contributed by atoms with van der Waals surface area (Å²) >= 11 is 0. The van der Waals surface area contributed by atoms with Gasteiger partial charge in [0.05, 0.1) is 11.3 Å². The molecule has 0 fully saturated rings. The Hall–Kier alpha value is -3.15. The minimum atomic E-state index is -0.488. The lowest BCUT2D eigenvalue weighted by Gasteiger charge is -2.12. The third-order valence-electron chi connectivity index (χ3n) is 3.84. The second kappa shape index (κ2) is 10.1. The smallest absolute Gasteiger partial charge is 0.306 e. The summed E-state index contributed by atoms with van der Waals surface area (Å²) in [7, 11) is 0. The molecule has 2 amide bonds. The van der Waals surface area contributed by atoms with Gasteiger partial charge in [0.15, 0.2) is 6.61 Å². The van der Waals surface area contributed by atoms with Gasteiger partial charge in [-0.1, -0.05) is 48.9 Å². The fourth-order valence-electron chi connectivity index (χ4n) is 2.38. The van der Waals surface area contributed by atoms with Crippen molar-refractivity contribution < 1.29 is 19.1 Å². The Kier molecular flexibility index (Phi) is 7.55. The summed E-state index contributed by atoms with van der Waals surface area (Å²) in [6.07, 6.45) is 0.926. The summed E-state index contributed by atoms with van der Waals surface area (Å²) in [5, 5.41) is 5.46. The van der Waals surface area contributed by atoms with Crippen LogP contribution < -0.4 is 10.6 Å². The van der Waals surface area contributed by atoms with Gasteiger partial charge in [0.25, 0.3) is 11.8 Å². The van der Waals surface area contributed by atoms with Crippen molar-refractivity contribution in [2.75, 3.05) is 11.9 Å². The van der Waals surface area contributed by atoms with Crippen LogP contribution in [0.3, 0.4) is 0 Å². The van der Waals surface area contributed by atoms with Crippen LogP contribution in [0.15, 0.2) is 48.5 Å². The molecule has 2 aromatic carbocycles. The lowest BCUT2D eigenvalue weighted by atomic mass is 10.1. The number of anilines is 1. The Morgan fingerprint density at radius 1 is 1.00 bits per heavy atom. The number of aryl methyl sites for hydroxylation is 1. The molecule has 0 radical (unpaired) electrons. The maximum Gasteiger partial charge on any atom is 0.306 e. The van der Waals surface area contributed by atoms with Gasteiger partial charge < -0.3 is 15.4 Å². The van der Waals surface area contributed by atoms with E-state index in [9.17, 15) is 14.4 Å². The molecule has 6 nitrogen and oxygen atoms in total. The first-order valence-corrected chi connectivity index (χ1v) is 8.88. The topological polar surface area (TPSA) is 84.5 Å². The molecule has 0 saturated carbocycles. The van der Waals surface area contributed by atoms with Crippen LogP contribution >= 0.6 is 0 Å². The minimum absolute atomic E-state index is 0.269. The molecule has 142 valence electrons. The number of amides is 2. The van der Waals surface area contributed by atoms with Crippen molar-refractivity contribution in [1.82, 2.24) is 5.32 Å².